The van der Waals surface area contributed by atoms with Crippen molar-refractivity contribution in [2.75, 3.05) is 0 Å². The van der Waals surface area contributed by atoms with Gasteiger partial charge in [-0.1, -0.05) is 6.07 Å². The minimum absolute atomic E-state index is 0.490. The van der Waals surface area contributed by atoms with E-state index in [-0.39, 0.29) is 0 Å². The Kier molecular flexibility index (Phi) is 3.99. The molecule has 0 aliphatic heterocycles. The lowest BCUT2D eigenvalue weighted by Gasteiger charge is -2.11. The summed E-state index contributed by atoms with van der Waals surface area (Å²) in [6, 6.07) is 9.23. The molecular weight excluding hydrogens is 294 g/mol. The molecule has 2 aromatic rings. The van der Waals surface area contributed by atoms with Gasteiger partial charge < -0.3 is 9.84 Å². The number of hydrogen-bond acceptors (Lipinski definition) is 3. The number of aliphatic hydroxyl groups excluding tert-OH is 1. The van der Waals surface area contributed by atoms with E-state index in [2.05, 4.69) is 20.9 Å². The lowest BCUT2D eigenvalue weighted by Crippen LogP contribution is -1.94. The Balaban J connectivity index is 2.28. The number of aromatic nitrogens is 1. The molecule has 0 aliphatic carbocycles. The first kappa shape index (κ1) is 13.1. The van der Waals surface area contributed by atoms with E-state index >= 15 is 0 Å². The Bertz CT molecular complexity index is 555. The lowest BCUT2D eigenvalue weighted by molar-refractivity contribution is 0.199. The second kappa shape index (κ2) is 5.50. The van der Waals surface area contributed by atoms with Crippen LogP contribution in [-0.4, -0.2) is 10.1 Å². The first-order valence-corrected chi connectivity index (χ1v) is 6.44. The Morgan fingerprint density at radius 1 is 1.28 bits per heavy atom. The van der Waals surface area contributed by atoms with Crippen LogP contribution in [0.3, 0.4) is 0 Å². The average molecular weight is 308 g/mol. The van der Waals surface area contributed by atoms with Crippen LogP contribution in [0.25, 0.3) is 0 Å². The second-order valence-corrected chi connectivity index (χ2v) is 4.91. The number of aliphatic hydroxyl groups is 1. The van der Waals surface area contributed by atoms with Gasteiger partial charge in [0.05, 0.1) is 16.3 Å². The SMILES string of the molecule is Cc1ncccc1Oc1ccc([C@H](C)O)cc1Br. The molecule has 4 heteroatoms. The van der Waals surface area contributed by atoms with Gasteiger partial charge in [0.25, 0.3) is 0 Å². The van der Waals surface area contributed by atoms with Crippen LogP contribution in [0, 0.1) is 6.92 Å². The monoisotopic (exact) mass is 307 g/mol. The first-order valence-electron chi connectivity index (χ1n) is 5.65. The van der Waals surface area contributed by atoms with Crippen molar-refractivity contribution in [1.29, 1.82) is 0 Å². The number of nitrogens with zero attached hydrogens (tertiary/aromatic N) is 1. The molecule has 2 rings (SSSR count). The molecule has 1 heterocycles. The molecule has 0 saturated heterocycles. The molecule has 0 unspecified atom stereocenters. The predicted octanol–water partition coefficient (Wildman–Crippen LogP) is 4.00. The minimum Gasteiger partial charge on any atom is -0.454 e. The van der Waals surface area contributed by atoms with E-state index in [1.807, 2.05) is 37.3 Å². The molecule has 3 nitrogen and oxygen atoms in total. The Labute approximate surface area is 115 Å². The van der Waals surface area contributed by atoms with Crippen molar-refractivity contribution in [3.63, 3.8) is 0 Å². The van der Waals surface area contributed by atoms with Crippen LogP contribution in [-0.2, 0) is 0 Å². The van der Waals surface area contributed by atoms with Crippen molar-refractivity contribution in [3.05, 3.63) is 52.3 Å². The van der Waals surface area contributed by atoms with E-state index in [0.29, 0.717) is 5.75 Å². The highest BCUT2D eigenvalue weighted by atomic mass is 79.9. The maximum absolute atomic E-state index is 9.50. The summed E-state index contributed by atoms with van der Waals surface area (Å²) in [6.07, 6.45) is 1.24. The number of aryl methyl sites for hydroxylation is 1. The number of ether oxygens (including phenoxy) is 1. The Hall–Kier alpha value is -1.39. The van der Waals surface area contributed by atoms with Gasteiger partial charge in [0.15, 0.2) is 0 Å². The molecule has 1 atom stereocenters. The van der Waals surface area contributed by atoms with E-state index in [9.17, 15) is 5.11 Å². The van der Waals surface area contributed by atoms with Crippen molar-refractivity contribution in [3.8, 4) is 11.5 Å². The minimum atomic E-state index is -0.490. The zero-order valence-corrected chi connectivity index (χ0v) is 11.8. The standard InChI is InChI=1S/C14H14BrNO2/c1-9-13(4-3-7-16-9)18-14-6-5-11(10(2)17)8-12(14)15/h3-8,10,17H,1-2H3/t10-/m0/s1. The van der Waals surface area contributed by atoms with Crippen LogP contribution in [0.5, 0.6) is 11.5 Å². The van der Waals surface area contributed by atoms with Crippen LogP contribution < -0.4 is 4.74 Å². The highest BCUT2D eigenvalue weighted by Gasteiger charge is 2.08. The first-order chi connectivity index (χ1) is 8.58. The van der Waals surface area contributed by atoms with E-state index in [4.69, 9.17) is 4.74 Å². The predicted molar refractivity (Wildman–Crippen MR) is 73.8 cm³/mol. The van der Waals surface area contributed by atoms with Gasteiger partial charge in [-0.05, 0) is 59.6 Å². The molecule has 0 saturated carbocycles. The molecule has 1 N–H and O–H groups in total. The van der Waals surface area contributed by atoms with Gasteiger partial charge in [0, 0.05) is 6.20 Å². The lowest BCUT2D eigenvalue weighted by atomic mass is 10.1. The van der Waals surface area contributed by atoms with Gasteiger partial charge >= 0.3 is 0 Å². The number of rotatable bonds is 3. The van der Waals surface area contributed by atoms with E-state index in [1.165, 1.54) is 0 Å². The Morgan fingerprint density at radius 3 is 2.67 bits per heavy atom. The Morgan fingerprint density at radius 2 is 2.06 bits per heavy atom. The van der Waals surface area contributed by atoms with E-state index in [1.54, 1.807) is 13.1 Å². The van der Waals surface area contributed by atoms with Gasteiger partial charge in [0.2, 0.25) is 0 Å². The van der Waals surface area contributed by atoms with Crippen LogP contribution in [0.15, 0.2) is 41.0 Å². The van der Waals surface area contributed by atoms with Crippen LogP contribution in [0.1, 0.15) is 24.3 Å². The van der Waals surface area contributed by atoms with Gasteiger partial charge in [-0.2, -0.15) is 0 Å². The van der Waals surface area contributed by atoms with E-state index < -0.39 is 6.10 Å². The zero-order chi connectivity index (χ0) is 13.1. The normalized spacial score (nSPS) is 12.2. The number of hydrogen-bond donors (Lipinski definition) is 1. The van der Waals surface area contributed by atoms with Crippen LogP contribution in [0.4, 0.5) is 0 Å². The van der Waals surface area contributed by atoms with Gasteiger partial charge in [-0.3, -0.25) is 4.98 Å². The summed E-state index contributed by atoms with van der Waals surface area (Å²) in [5.74, 6) is 1.43. The van der Waals surface area contributed by atoms with Crippen molar-refractivity contribution in [2.45, 2.75) is 20.0 Å². The number of benzene rings is 1. The fraction of sp³-hybridized carbons (Fsp3) is 0.214. The summed E-state index contributed by atoms with van der Waals surface area (Å²) >= 11 is 3.44. The third-order valence-corrected chi connectivity index (χ3v) is 3.24. The zero-order valence-electron chi connectivity index (χ0n) is 10.2. The maximum atomic E-state index is 9.50. The van der Waals surface area contributed by atoms with Crippen LogP contribution in [0.2, 0.25) is 0 Å². The van der Waals surface area contributed by atoms with Crippen molar-refractivity contribution in [2.24, 2.45) is 0 Å². The van der Waals surface area contributed by atoms with E-state index in [0.717, 1.165) is 21.5 Å². The molecule has 0 amide bonds. The molecule has 1 aromatic heterocycles. The summed E-state index contributed by atoms with van der Waals surface area (Å²) in [6.45, 7) is 3.63. The maximum Gasteiger partial charge on any atom is 0.148 e. The summed E-state index contributed by atoms with van der Waals surface area (Å²) in [7, 11) is 0. The number of pyridine rings is 1. The summed E-state index contributed by atoms with van der Waals surface area (Å²) < 4.78 is 6.59. The van der Waals surface area contributed by atoms with Crippen molar-refractivity contribution in [1.82, 2.24) is 4.98 Å². The molecule has 0 radical (unpaired) electrons. The molecular formula is C14H14BrNO2. The second-order valence-electron chi connectivity index (χ2n) is 4.05. The highest BCUT2D eigenvalue weighted by molar-refractivity contribution is 9.10. The largest absolute Gasteiger partial charge is 0.454 e. The molecule has 0 aliphatic rings. The molecule has 1 aromatic carbocycles. The van der Waals surface area contributed by atoms with Gasteiger partial charge in [-0.25, -0.2) is 0 Å². The van der Waals surface area contributed by atoms with Gasteiger partial charge in [-0.15, -0.1) is 0 Å². The third-order valence-electron chi connectivity index (χ3n) is 2.62. The molecule has 0 bridgehead atoms. The average Bonchev–Trinajstić information content (AvgIpc) is 2.34. The fourth-order valence-corrected chi connectivity index (χ4v) is 2.03. The molecule has 0 spiro atoms. The molecule has 94 valence electrons. The molecule has 0 fully saturated rings. The summed E-state index contributed by atoms with van der Waals surface area (Å²) in [5.41, 5.74) is 1.68. The topological polar surface area (TPSA) is 42.4 Å². The third kappa shape index (κ3) is 2.89. The van der Waals surface area contributed by atoms with Crippen molar-refractivity contribution < 1.29 is 9.84 Å². The fourth-order valence-electron chi connectivity index (χ4n) is 1.56. The van der Waals surface area contributed by atoms with Crippen LogP contribution >= 0.6 is 15.9 Å². The summed E-state index contributed by atoms with van der Waals surface area (Å²) in [4.78, 5) is 4.17. The van der Waals surface area contributed by atoms with Crippen molar-refractivity contribution >= 4 is 15.9 Å². The molecule has 18 heavy (non-hydrogen) atoms. The summed E-state index contributed by atoms with van der Waals surface area (Å²) in [5, 5.41) is 9.50. The van der Waals surface area contributed by atoms with Gasteiger partial charge in [0.1, 0.15) is 11.5 Å². The smallest absolute Gasteiger partial charge is 0.148 e. The number of halogens is 1. The quantitative estimate of drug-likeness (QED) is 0.932. The highest BCUT2D eigenvalue weighted by Crippen LogP contribution is 2.32.